The van der Waals surface area contributed by atoms with E-state index >= 15 is 0 Å². The molecule has 2 amide bonds. The highest BCUT2D eigenvalue weighted by atomic mass is 32.2. The van der Waals surface area contributed by atoms with Crippen LogP contribution < -0.4 is 19.5 Å². The van der Waals surface area contributed by atoms with Crippen molar-refractivity contribution in [2.24, 2.45) is 5.92 Å². The molecule has 2 aliphatic rings. The number of hydrogen-bond donors (Lipinski definition) is 2. The zero-order chi connectivity index (χ0) is 29.9. The van der Waals surface area contributed by atoms with Crippen LogP contribution in [-0.2, 0) is 10.0 Å². The van der Waals surface area contributed by atoms with Crippen LogP contribution in [0, 0.1) is 17.8 Å². The summed E-state index contributed by atoms with van der Waals surface area (Å²) in [5.74, 6) is 7.14. The van der Waals surface area contributed by atoms with Gasteiger partial charge >= 0.3 is 6.03 Å². The van der Waals surface area contributed by atoms with E-state index in [1.165, 1.54) is 15.3 Å². The first-order valence-corrected chi connectivity index (χ1v) is 15.0. The van der Waals surface area contributed by atoms with Gasteiger partial charge in [-0.1, -0.05) is 37.0 Å². The van der Waals surface area contributed by atoms with Crippen molar-refractivity contribution in [2.75, 3.05) is 38.9 Å². The first kappa shape index (κ1) is 29.3. The summed E-state index contributed by atoms with van der Waals surface area (Å²) < 4.78 is 45.9. The minimum absolute atomic E-state index is 0.0163. The summed E-state index contributed by atoms with van der Waals surface area (Å²) >= 11 is 0. The molecule has 5 rings (SSSR count). The van der Waals surface area contributed by atoms with E-state index in [0.29, 0.717) is 22.7 Å². The lowest BCUT2D eigenvalue weighted by Gasteiger charge is -2.37. The van der Waals surface area contributed by atoms with Crippen LogP contribution in [0.15, 0.2) is 71.6 Å². The average molecular weight is 592 g/mol. The second kappa shape index (κ2) is 12.3. The molecule has 0 fully saturated rings. The van der Waals surface area contributed by atoms with Crippen molar-refractivity contribution >= 4 is 21.7 Å². The average Bonchev–Trinajstić information content (AvgIpc) is 3.46. The lowest BCUT2D eigenvalue weighted by atomic mass is 10.0. The molecule has 0 saturated heterocycles. The first-order chi connectivity index (χ1) is 20.2. The number of sulfonamides is 1. The summed E-state index contributed by atoms with van der Waals surface area (Å²) in [7, 11) is -2.36. The Morgan fingerprint density at radius 2 is 1.79 bits per heavy atom. The molecule has 0 saturated carbocycles. The maximum absolute atomic E-state index is 13.7. The van der Waals surface area contributed by atoms with Crippen LogP contribution in [0.25, 0.3) is 0 Å². The number of anilines is 1. The van der Waals surface area contributed by atoms with Gasteiger partial charge in [0.2, 0.25) is 16.8 Å². The van der Waals surface area contributed by atoms with E-state index in [1.54, 1.807) is 44.3 Å². The van der Waals surface area contributed by atoms with Gasteiger partial charge in [0.15, 0.2) is 11.5 Å². The third-order valence-electron chi connectivity index (χ3n) is 7.22. The quantitative estimate of drug-likeness (QED) is 0.434. The van der Waals surface area contributed by atoms with Gasteiger partial charge in [-0.05, 0) is 49.4 Å². The van der Waals surface area contributed by atoms with Crippen LogP contribution in [-0.4, -0.2) is 74.4 Å². The van der Waals surface area contributed by atoms with E-state index < -0.39 is 22.2 Å². The Bertz CT molecular complexity index is 1620. The van der Waals surface area contributed by atoms with Crippen molar-refractivity contribution in [3.63, 3.8) is 0 Å². The van der Waals surface area contributed by atoms with Crippen LogP contribution in [0.3, 0.4) is 0 Å². The van der Waals surface area contributed by atoms with Gasteiger partial charge in [0.25, 0.3) is 0 Å². The number of nitrogens with zero attached hydrogens (tertiary/aromatic N) is 2. The Morgan fingerprint density at radius 3 is 2.55 bits per heavy atom. The predicted octanol–water partition coefficient (Wildman–Crippen LogP) is 3.75. The van der Waals surface area contributed by atoms with Gasteiger partial charge in [-0.2, -0.15) is 4.31 Å². The van der Waals surface area contributed by atoms with E-state index in [0.717, 1.165) is 5.56 Å². The van der Waals surface area contributed by atoms with Crippen LogP contribution in [0.2, 0.25) is 0 Å². The van der Waals surface area contributed by atoms with E-state index in [4.69, 9.17) is 14.2 Å². The molecule has 2 aliphatic heterocycles. The van der Waals surface area contributed by atoms with Crippen molar-refractivity contribution in [1.29, 1.82) is 0 Å². The summed E-state index contributed by atoms with van der Waals surface area (Å²) in [6.07, 6.45) is -0.572. The zero-order valence-corrected chi connectivity index (χ0v) is 24.4. The number of urea groups is 1. The lowest BCUT2D eigenvalue weighted by Crippen LogP contribution is -2.50. The summed E-state index contributed by atoms with van der Waals surface area (Å²) in [6.45, 7) is 3.58. The van der Waals surface area contributed by atoms with Gasteiger partial charge < -0.3 is 29.5 Å². The van der Waals surface area contributed by atoms with Gasteiger partial charge in [-0.3, -0.25) is 0 Å². The molecule has 42 heavy (non-hydrogen) atoms. The second-order valence-electron chi connectivity index (χ2n) is 10.4. The number of carbonyl (C=O) groups is 1. The largest absolute Gasteiger partial charge is 0.487 e. The summed E-state index contributed by atoms with van der Waals surface area (Å²) in [5, 5.41) is 12.7. The Labute approximate surface area is 245 Å². The molecule has 0 aliphatic carbocycles. The van der Waals surface area contributed by atoms with Gasteiger partial charge in [-0.25, -0.2) is 13.2 Å². The molecule has 11 heteroatoms. The second-order valence-corrected chi connectivity index (χ2v) is 12.3. The normalized spacial score (nSPS) is 19.6. The SMILES string of the molecule is C[C@@H]1CN([C@H](C)CO)S(=O)(=O)c2ccc(C#Cc3ccccc3)cc2O[C@H]1CN(C)C(=O)Nc1ccc2c(c1)OCO2. The number of fused-ring (bicyclic) bond motifs is 2. The van der Waals surface area contributed by atoms with E-state index in [2.05, 4.69) is 17.2 Å². The zero-order valence-electron chi connectivity index (χ0n) is 23.6. The van der Waals surface area contributed by atoms with Crippen molar-refractivity contribution in [3.8, 4) is 29.1 Å². The molecule has 2 heterocycles. The lowest BCUT2D eigenvalue weighted by molar-refractivity contribution is 0.0830. The number of hydrogen-bond acceptors (Lipinski definition) is 7. The van der Waals surface area contributed by atoms with Crippen molar-refractivity contribution < 1.29 is 32.5 Å². The number of carbonyl (C=O) groups excluding carboxylic acids is 1. The highest BCUT2D eigenvalue weighted by molar-refractivity contribution is 7.89. The fraction of sp³-hybridized carbons (Fsp3) is 0.323. The summed E-state index contributed by atoms with van der Waals surface area (Å²) in [6, 6.07) is 18.3. The Balaban J connectivity index is 1.42. The number of amides is 2. The molecule has 0 bridgehead atoms. The molecule has 2 N–H and O–H groups in total. The number of rotatable bonds is 5. The van der Waals surface area contributed by atoms with Crippen LogP contribution in [0.1, 0.15) is 25.0 Å². The molecule has 10 nitrogen and oxygen atoms in total. The Kier molecular flexibility index (Phi) is 8.59. The number of aliphatic hydroxyl groups excluding tert-OH is 1. The number of aliphatic hydroxyl groups is 1. The number of benzene rings is 3. The summed E-state index contributed by atoms with van der Waals surface area (Å²) in [5.41, 5.74) is 1.95. The topological polar surface area (TPSA) is 118 Å². The standard InChI is InChI=1S/C31H33N3O7S/c1-21-17-34(22(2)19-35)42(37,38)30-14-11-24(10-9-23-7-5-4-6-8-23)15-28(30)41-29(21)18-33(3)31(36)32-25-12-13-26-27(16-25)40-20-39-26/h4-8,11-16,21-22,29,35H,17-20H2,1-3H3,(H,32,36)/t21-,22-,29+/m1/s1. The van der Waals surface area contributed by atoms with Crippen molar-refractivity contribution in [3.05, 3.63) is 77.9 Å². The third kappa shape index (κ3) is 6.31. The van der Waals surface area contributed by atoms with Gasteiger partial charge in [0, 0.05) is 48.4 Å². The Hall–Kier alpha value is -4.24. The monoisotopic (exact) mass is 591 g/mol. The van der Waals surface area contributed by atoms with Gasteiger partial charge in [-0.15, -0.1) is 0 Å². The number of ether oxygens (including phenoxy) is 3. The fourth-order valence-corrected chi connectivity index (χ4v) is 6.56. The molecule has 0 unspecified atom stereocenters. The summed E-state index contributed by atoms with van der Waals surface area (Å²) in [4.78, 5) is 14.6. The molecule has 0 spiro atoms. The van der Waals surface area contributed by atoms with Gasteiger partial charge in [0.05, 0.1) is 13.2 Å². The maximum atomic E-state index is 13.7. The molecule has 0 radical (unpaired) electrons. The molecule has 3 aromatic carbocycles. The molecule has 3 aromatic rings. The highest BCUT2D eigenvalue weighted by Crippen LogP contribution is 2.35. The van der Waals surface area contributed by atoms with E-state index in [-0.39, 0.29) is 49.1 Å². The Morgan fingerprint density at radius 1 is 1.05 bits per heavy atom. The molecule has 3 atom stereocenters. The molecule has 0 aromatic heterocycles. The highest BCUT2D eigenvalue weighted by Gasteiger charge is 2.38. The predicted molar refractivity (Wildman–Crippen MR) is 157 cm³/mol. The fourth-order valence-electron chi connectivity index (χ4n) is 4.73. The van der Waals surface area contributed by atoms with E-state index in [9.17, 15) is 18.3 Å². The smallest absolute Gasteiger partial charge is 0.321 e. The molecular weight excluding hydrogens is 558 g/mol. The van der Waals surface area contributed by atoms with Crippen molar-refractivity contribution in [2.45, 2.75) is 30.9 Å². The van der Waals surface area contributed by atoms with Crippen LogP contribution in [0.4, 0.5) is 10.5 Å². The minimum Gasteiger partial charge on any atom is -0.487 e. The number of likely N-dealkylation sites (N-methyl/N-ethyl adjacent to an activating group) is 1. The molecule has 220 valence electrons. The van der Waals surface area contributed by atoms with Crippen LogP contribution in [0.5, 0.6) is 17.2 Å². The molecular formula is C31H33N3O7S. The van der Waals surface area contributed by atoms with Crippen LogP contribution >= 0.6 is 0 Å². The van der Waals surface area contributed by atoms with Gasteiger partial charge in [0.1, 0.15) is 16.7 Å². The maximum Gasteiger partial charge on any atom is 0.321 e. The minimum atomic E-state index is -4.00. The first-order valence-electron chi connectivity index (χ1n) is 13.6. The third-order valence-corrected chi connectivity index (χ3v) is 9.24. The van der Waals surface area contributed by atoms with E-state index in [1.807, 2.05) is 37.3 Å². The van der Waals surface area contributed by atoms with Crippen molar-refractivity contribution in [1.82, 2.24) is 9.21 Å². The number of nitrogens with one attached hydrogen (secondary N) is 1.